The molecule has 0 bridgehead atoms. The van der Waals surface area contributed by atoms with E-state index in [2.05, 4.69) is 20.8 Å². The van der Waals surface area contributed by atoms with Crippen molar-refractivity contribution in [1.29, 1.82) is 0 Å². The molecule has 7 nitrogen and oxygen atoms in total. The topological polar surface area (TPSA) is 97.1 Å². The monoisotopic (exact) mass is 350 g/mol. The van der Waals surface area contributed by atoms with Crippen molar-refractivity contribution in [2.24, 2.45) is 0 Å². The average molecular weight is 350 g/mol. The molecule has 2 rings (SSSR count). The number of amides is 2. The number of hydrogen-bond acceptors (Lipinski definition) is 6. The van der Waals surface area contributed by atoms with Crippen LogP contribution >= 0.6 is 11.3 Å². The summed E-state index contributed by atoms with van der Waals surface area (Å²) in [5, 5.41) is 11.3. The first-order valence-corrected chi connectivity index (χ1v) is 8.53. The van der Waals surface area contributed by atoms with Crippen molar-refractivity contribution in [2.45, 2.75) is 46.5 Å². The highest BCUT2D eigenvalue weighted by atomic mass is 32.1. The van der Waals surface area contributed by atoms with Gasteiger partial charge in [-0.05, 0) is 20.3 Å². The Kier molecular flexibility index (Phi) is 5.38. The second-order valence-electron chi connectivity index (χ2n) is 6.55. The van der Waals surface area contributed by atoms with Crippen LogP contribution in [0.2, 0.25) is 0 Å². The fourth-order valence-electron chi connectivity index (χ4n) is 2.07. The quantitative estimate of drug-likeness (QED) is 0.825. The van der Waals surface area contributed by atoms with E-state index in [1.807, 2.05) is 40.0 Å². The van der Waals surface area contributed by atoms with Gasteiger partial charge in [0.15, 0.2) is 5.13 Å². The maximum absolute atomic E-state index is 11.9. The summed E-state index contributed by atoms with van der Waals surface area (Å²) in [4.78, 5) is 28.1. The van der Waals surface area contributed by atoms with Crippen molar-refractivity contribution in [3.05, 3.63) is 28.1 Å². The maximum Gasteiger partial charge on any atom is 0.315 e. The van der Waals surface area contributed by atoms with Crippen LogP contribution < -0.4 is 10.6 Å². The minimum absolute atomic E-state index is 0.101. The third-order valence-electron chi connectivity index (χ3n) is 3.54. The van der Waals surface area contributed by atoms with Gasteiger partial charge in [-0.25, -0.2) is 4.98 Å². The molecule has 0 radical (unpaired) electrons. The zero-order chi connectivity index (χ0) is 17.9. The number of anilines is 1. The number of rotatable bonds is 4. The summed E-state index contributed by atoms with van der Waals surface area (Å²) in [6.07, 6.45) is 0.561. The number of nitrogens with one attached hydrogen (secondary N) is 2. The van der Waals surface area contributed by atoms with Crippen LogP contribution in [0.1, 0.15) is 43.5 Å². The number of aromatic nitrogens is 2. The molecule has 2 amide bonds. The van der Waals surface area contributed by atoms with Crippen molar-refractivity contribution in [1.82, 2.24) is 15.5 Å². The van der Waals surface area contributed by atoms with Gasteiger partial charge < -0.3 is 9.84 Å². The number of carbonyl (C=O) groups excluding carboxylic acids is 2. The molecule has 8 heteroatoms. The van der Waals surface area contributed by atoms with Gasteiger partial charge >= 0.3 is 11.8 Å². The maximum atomic E-state index is 11.9. The van der Waals surface area contributed by atoms with E-state index >= 15 is 0 Å². The molecule has 0 aliphatic heterocycles. The Morgan fingerprint density at radius 3 is 2.50 bits per heavy atom. The predicted molar refractivity (Wildman–Crippen MR) is 92.1 cm³/mol. The van der Waals surface area contributed by atoms with Gasteiger partial charge in [0.1, 0.15) is 5.76 Å². The first kappa shape index (κ1) is 18.1. The van der Waals surface area contributed by atoms with E-state index in [0.29, 0.717) is 18.1 Å². The Hall–Kier alpha value is -2.22. The molecule has 2 heterocycles. The lowest BCUT2D eigenvalue weighted by Gasteiger charge is -2.14. The van der Waals surface area contributed by atoms with E-state index in [1.165, 1.54) is 11.3 Å². The Morgan fingerprint density at radius 1 is 1.25 bits per heavy atom. The fraction of sp³-hybridized carbons (Fsp3) is 0.500. The van der Waals surface area contributed by atoms with Crippen molar-refractivity contribution in [3.63, 3.8) is 0 Å². The van der Waals surface area contributed by atoms with Crippen molar-refractivity contribution in [3.8, 4) is 0 Å². The molecule has 0 atom stereocenters. The third-order valence-corrected chi connectivity index (χ3v) is 4.30. The second kappa shape index (κ2) is 7.12. The lowest BCUT2D eigenvalue weighted by atomic mass is 9.93. The van der Waals surface area contributed by atoms with Gasteiger partial charge in [-0.1, -0.05) is 25.9 Å². The highest BCUT2D eigenvalue weighted by Crippen LogP contribution is 2.26. The van der Waals surface area contributed by atoms with Gasteiger partial charge in [-0.2, -0.15) is 0 Å². The molecule has 0 unspecified atom stereocenters. The van der Waals surface area contributed by atoms with Crippen LogP contribution in [-0.4, -0.2) is 28.5 Å². The number of aryl methyl sites for hydroxylation is 2. The highest BCUT2D eigenvalue weighted by molar-refractivity contribution is 7.14. The Bertz CT molecular complexity index is 723. The molecule has 2 aromatic rings. The van der Waals surface area contributed by atoms with E-state index in [0.717, 1.165) is 22.7 Å². The minimum atomic E-state index is -0.719. The second-order valence-corrected chi connectivity index (χ2v) is 7.41. The van der Waals surface area contributed by atoms with Gasteiger partial charge in [-0.3, -0.25) is 14.9 Å². The highest BCUT2D eigenvalue weighted by Gasteiger charge is 2.20. The van der Waals surface area contributed by atoms with E-state index in [-0.39, 0.29) is 5.41 Å². The standard InChI is InChI=1S/C16H22N4O3S/c1-9-11(10(2)23-20-9)6-7-17-13(21)14(22)19-15-18-12(8-24-15)16(3,4)5/h8H,6-7H2,1-5H3,(H,17,21)(H,18,19,22). The largest absolute Gasteiger partial charge is 0.361 e. The molecule has 2 N–H and O–H groups in total. The minimum Gasteiger partial charge on any atom is -0.361 e. The number of thiazole rings is 1. The number of carbonyl (C=O) groups is 2. The average Bonchev–Trinajstić information content (AvgIpc) is 3.08. The smallest absolute Gasteiger partial charge is 0.315 e. The summed E-state index contributed by atoms with van der Waals surface area (Å²) < 4.78 is 5.06. The molecule has 130 valence electrons. The molecule has 0 aromatic carbocycles. The molecule has 0 saturated heterocycles. The molecule has 0 spiro atoms. The van der Waals surface area contributed by atoms with Gasteiger partial charge in [0.05, 0.1) is 11.4 Å². The third kappa shape index (κ3) is 4.41. The lowest BCUT2D eigenvalue weighted by molar-refractivity contribution is -0.136. The molecule has 0 aliphatic carbocycles. The normalized spacial score (nSPS) is 11.4. The SMILES string of the molecule is Cc1noc(C)c1CCNC(=O)C(=O)Nc1nc(C(C)(C)C)cs1. The van der Waals surface area contributed by atoms with Gasteiger partial charge in [-0.15, -0.1) is 11.3 Å². The molecule has 2 aromatic heterocycles. The summed E-state index contributed by atoms with van der Waals surface area (Å²) in [5.41, 5.74) is 2.52. The molecule has 0 saturated carbocycles. The summed E-state index contributed by atoms with van der Waals surface area (Å²) in [6, 6.07) is 0. The van der Waals surface area contributed by atoms with Crippen LogP contribution in [0.5, 0.6) is 0 Å². The lowest BCUT2D eigenvalue weighted by Crippen LogP contribution is -2.36. The fourth-order valence-corrected chi connectivity index (χ4v) is 3.00. The molecule has 0 aliphatic rings. The van der Waals surface area contributed by atoms with Gasteiger partial charge in [0.25, 0.3) is 0 Å². The van der Waals surface area contributed by atoms with Crippen LogP contribution in [0.25, 0.3) is 0 Å². The van der Waals surface area contributed by atoms with Gasteiger partial charge in [0.2, 0.25) is 0 Å². The van der Waals surface area contributed by atoms with E-state index in [1.54, 1.807) is 0 Å². The molecule has 24 heavy (non-hydrogen) atoms. The molecular weight excluding hydrogens is 328 g/mol. The first-order valence-electron chi connectivity index (χ1n) is 7.65. The van der Waals surface area contributed by atoms with Crippen molar-refractivity contribution < 1.29 is 14.1 Å². The zero-order valence-electron chi connectivity index (χ0n) is 14.5. The van der Waals surface area contributed by atoms with Crippen LogP contribution in [-0.2, 0) is 21.4 Å². The van der Waals surface area contributed by atoms with Gasteiger partial charge in [0, 0.05) is 22.9 Å². The predicted octanol–water partition coefficient (Wildman–Crippen LogP) is 2.34. The van der Waals surface area contributed by atoms with Crippen LogP contribution in [0.3, 0.4) is 0 Å². The molecule has 0 fully saturated rings. The van der Waals surface area contributed by atoms with Crippen LogP contribution in [0.4, 0.5) is 5.13 Å². The number of nitrogens with zero attached hydrogens (tertiary/aromatic N) is 2. The van der Waals surface area contributed by atoms with E-state index < -0.39 is 11.8 Å². The summed E-state index contributed by atoms with van der Waals surface area (Å²) in [5.74, 6) is -0.679. The summed E-state index contributed by atoms with van der Waals surface area (Å²) >= 11 is 1.30. The van der Waals surface area contributed by atoms with E-state index in [9.17, 15) is 9.59 Å². The number of hydrogen-bond donors (Lipinski definition) is 2. The van der Waals surface area contributed by atoms with Crippen molar-refractivity contribution >= 4 is 28.3 Å². The summed E-state index contributed by atoms with van der Waals surface area (Å²) in [7, 11) is 0. The first-order chi connectivity index (χ1) is 11.2. The molecular formula is C16H22N4O3S. The summed E-state index contributed by atoms with van der Waals surface area (Å²) in [6.45, 7) is 10.1. The van der Waals surface area contributed by atoms with Crippen LogP contribution in [0.15, 0.2) is 9.90 Å². The van der Waals surface area contributed by atoms with Crippen molar-refractivity contribution in [2.75, 3.05) is 11.9 Å². The Labute approximate surface area is 144 Å². The van der Waals surface area contributed by atoms with E-state index in [4.69, 9.17) is 4.52 Å². The Balaban J connectivity index is 1.84. The van der Waals surface area contributed by atoms with Crippen LogP contribution in [0, 0.1) is 13.8 Å². The Morgan fingerprint density at radius 2 is 1.96 bits per heavy atom. The zero-order valence-corrected chi connectivity index (χ0v) is 15.3.